The lowest BCUT2D eigenvalue weighted by Gasteiger charge is -2.05. The summed E-state index contributed by atoms with van der Waals surface area (Å²) in [6, 6.07) is 0. The molecule has 15 heavy (non-hydrogen) atoms. The maximum Gasteiger partial charge on any atom is 0.155 e. The average Bonchev–Trinajstić information content (AvgIpc) is 2.56. The molecule has 0 fully saturated rings. The predicted molar refractivity (Wildman–Crippen MR) is 63.2 cm³/mol. The fraction of sp³-hybridized carbons (Fsp3) is 0.500. The number of fused-ring (bicyclic) bond motifs is 1. The molecule has 0 saturated heterocycles. The third-order valence-electron chi connectivity index (χ3n) is 2.20. The van der Waals surface area contributed by atoms with Crippen LogP contribution in [0.1, 0.15) is 45.0 Å². The van der Waals surface area contributed by atoms with E-state index in [4.69, 9.17) is 0 Å². The van der Waals surface area contributed by atoms with E-state index in [-0.39, 0.29) is 0 Å². The molecule has 2 rings (SSSR count). The first kappa shape index (κ1) is 11.7. The molecule has 0 amide bonds. The highest BCUT2D eigenvalue weighted by Crippen LogP contribution is 2.19. The van der Waals surface area contributed by atoms with Crippen molar-refractivity contribution in [3.63, 3.8) is 0 Å². The molecule has 2 aromatic rings. The highest BCUT2D eigenvalue weighted by molar-refractivity contribution is 5.41. The summed E-state index contributed by atoms with van der Waals surface area (Å²) in [5, 5.41) is 0. The fourth-order valence-corrected chi connectivity index (χ4v) is 1.74. The van der Waals surface area contributed by atoms with Crippen molar-refractivity contribution >= 4 is 5.65 Å². The summed E-state index contributed by atoms with van der Waals surface area (Å²) in [6.45, 7) is 10.4. The molecular weight excluding hydrogens is 186 g/mol. The van der Waals surface area contributed by atoms with Crippen molar-refractivity contribution in [2.24, 2.45) is 0 Å². The molecular formula is C12H19N3. The molecule has 2 heterocycles. The number of hydrogen-bond acceptors (Lipinski definition) is 2. The summed E-state index contributed by atoms with van der Waals surface area (Å²) in [6.07, 6.45) is 5.55. The number of hydrogen-bond donors (Lipinski definition) is 0. The van der Waals surface area contributed by atoms with Crippen LogP contribution in [0.25, 0.3) is 5.65 Å². The Balaban J connectivity index is 0.000000531. The molecule has 3 nitrogen and oxygen atoms in total. The maximum absolute atomic E-state index is 4.43. The molecule has 3 heteroatoms. The number of aryl methyl sites for hydroxylation is 1. The average molecular weight is 205 g/mol. The van der Waals surface area contributed by atoms with E-state index in [2.05, 4.69) is 28.2 Å². The van der Waals surface area contributed by atoms with Gasteiger partial charge in [-0.3, -0.25) is 4.98 Å². The van der Waals surface area contributed by atoms with Gasteiger partial charge in [0.1, 0.15) is 0 Å². The summed E-state index contributed by atoms with van der Waals surface area (Å²) < 4.78 is 2.10. The number of rotatable bonds is 1. The summed E-state index contributed by atoms with van der Waals surface area (Å²) in [5.74, 6) is 0.498. The molecule has 0 saturated carbocycles. The van der Waals surface area contributed by atoms with Gasteiger partial charge in [0.05, 0.1) is 11.9 Å². The van der Waals surface area contributed by atoms with Gasteiger partial charge in [-0.05, 0) is 12.8 Å². The lowest BCUT2D eigenvalue weighted by atomic mass is 10.1. The second-order valence-corrected chi connectivity index (χ2v) is 3.54. The van der Waals surface area contributed by atoms with Crippen LogP contribution >= 0.6 is 0 Å². The van der Waals surface area contributed by atoms with Crippen LogP contribution in [-0.2, 0) is 0 Å². The molecule has 0 bridgehead atoms. The Morgan fingerprint density at radius 3 is 2.53 bits per heavy atom. The summed E-state index contributed by atoms with van der Waals surface area (Å²) >= 11 is 0. The van der Waals surface area contributed by atoms with E-state index in [1.165, 1.54) is 5.69 Å². The maximum atomic E-state index is 4.43. The molecule has 0 aromatic carbocycles. The molecule has 2 aromatic heterocycles. The molecule has 82 valence electrons. The molecule has 0 spiro atoms. The second kappa shape index (κ2) is 4.91. The van der Waals surface area contributed by atoms with Gasteiger partial charge in [0.2, 0.25) is 0 Å². The monoisotopic (exact) mass is 205 g/mol. The lowest BCUT2D eigenvalue weighted by molar-refractivity contribution is 0.797. The highest BCUT2D eigenvalue weighted by Gasteiger charge is 2.10. The normalized spacial score (nSPS) is 10.3. The van der Waals surface area contributed by atoms with E-state index in [1.54, 1.807) is 12.4 Å². The minimum atomic E-state index is 0.498. The van der Waals surface area contributed by atoms with Crippen LogP contribution in [0, 0.1) is 6.92 Å². The predicted octanol–water partition coefficient (Wildman–Crippen LogP) is 3.19. The Bertz CT molecular complexity index is 429. The summed E-state index contributed by atoms with van der Waals surface area (Å²) in [7, 11) is 0. The van der Waals surface area contributed by atoms with Crippen molar-refractivity contribution in [2.45, 2.75) is 40.5 Å². The molecule has 0 N–H and O–H groups in total. The Kier molecular flexibility index (Phi) is 3.83. The number of imidazole rings is 1. The van der Waals surface area contributed by atoms with Crippen LogP contribution in [0.15, 0.2) is 18.6 Å². The number of aromatic nitrogens is 3. The van der Waals surface area contributed by atoms with Gasteiger partial charge in [0, 0.05) is 18.1 Å². The third kappa shape index (κ3) is 2.17. The third-order valence-corrected chi connectivity index (χ3v) is 2.20. The van der Waals surface area contributed by atoms with Crippen molar-refractivity contribution < 1.29 is 0 Å². The van der Waals surface area contributed by atoms with E-state index >= 15 is 0 Å². The minimum absolute atomic E-state index is 0.498. The minimum Gasteiger partial charge on any atom is -0.301 e. The van der Waals surface area contributed by atoms with Gasteiger partial charge in [-0.15, -0.1) is 0 Å². The van der Waals surface area contributed by atoms with Gasteiger partial charge in [0.15, 0.2) is 5.65 Å². The fourth-order valence-electron chi connectivity index (χ4n) is 1.74. The second-order valence-electron chi connectivity index (χ2n) is 3.54. The first-order valence-electron chi connectivity index (χ1n) is 5.48. The zero-order chi connectivity index (χ0) is 11.4. The van der Waals surface area contributed by atoms with Gasteiger partial charge < -0.3 is 4.40 Å². The zero-order valence-corrected chi connectivity index (χ0v) is 10.2. The van der Waals surface area contributed by atoms with Crippen LogP contribution in [0.2, 0.25) is 0 Å². The van der Waals surface area contributed by atoms with Crippen LogP contribution in [0.4, 0.5) is 0 Å². The van der Waals surface area contributed by atoms with Crippen molar-refractivity contribution in [2.75, 3.05) is 0 Å². The molecule has 0 radical (unpaired) electrons. The Labute approximate surface area is 91.2 Å². The van der Waals surface area contributed by atoms with Crippen LogP contribution in [-0.4, -0.2) is 14.4 Å². The van der Waals surface area contributed by atoms with Gasteiger partial charge in [-0.25, -0.2) is 4.98 Å². The molecule has 0 aliphatic carbocycles. The van der Waals surface area contributed by atoms with E-state index < -0.39 is 0 Å². The van der Waals surface area contributed by atoms with Crippen LogP contribution in [0.5, 0.6) is 0 Å². The summed E-state index contributed by atoms with van der Waals surface area (Å²) in [5.41, 5.74) is 3.31. The van der Waals surface area contributed by atoms with Crippen molar-refractivity contribution in [1.82, 2.24) is 14.4 Å². The Morgan fingerprint density at radius 2 is 1.93 bits per heavy atom. The van der Waals surface area contributed by atoms with Crippen LogP contribution in [0.3, 0.4) is 0 Å². The topological polar surface area (TPSA) is 30.2 Å². The van der Waals surface area contributed by atoms with E-state index in [1.807, 2.05) is 27.0 Å². The molecule has 0 aliphatic rings. The van der Waals surface area contributed by atoms with Crippen molar-refractivity contribution in [3.8, 4) is 0 Å². The first-order chi connectivity index (χ1) is 7.20. The first-order valence-corrected chi connectivity index (χ1v) is 5.48. The lowest BCUT2D eigenvalue weighted by Crippen LogP contribution is -1.96. The largest absolute Gasteiger partial charge is 0.301 e. The standard InChI is InChI=1S/C10H13N3.C2H6/c1-7(2)10-8(3)12-9-6-11-4-5-13(9)10;1-2/h4-7H,1-3H3;1-2H3. The summed E-state index contributed by atoms with van der Waals surface area (Å²) in [4.78, 5) is 8.48. The van der Waals surface area contributed by atoms with E-state index in [0.717, 1.165) is 11.3 Å². The smallest absolute Gasteiger partial charge is 0.155 e. The van der Waals surface area contributed by atoms with Gasteiger partial charge >= 0.3 is 0 Å². The number of nitrogens with zero attached hydrogens (tertiary/aromatic N) is 3. The molecule has 0 aliphatic heterocycles. The van der Waals surface area contributed by atoms with Gasteiger partial charge in [0.25, 0.3) is 0 Å². The Hall–Kier alpha value is -1.38. The van der Waals surface area contributed by atoms with Crippen LogP contribution < -0.4 is 0 Å². The van der Waals surface area contributed by atoms with E-state index in [0.29, 0.717) is 5.92 Å². The van der Waals surface area contributed by atoms with E-state index in [9.17, 15) is 0 Å². The molecule has 0 unspecified atom stereocenters. The Morgan fingerprint density at radius 1 is 1.27 bits per heavy atom. The zero-order valence-electron chi connectivity index (χ0n) is 10.2. The highest BCUT2D eigenvalue weighted by atomic mass is 15.0. The van der Waals surface area contributed by atoms with Crippen molar-refractivity contribution in [3.05, 3.63) is 30.0 Å². The van der Waals surface area contributed by atoms with Crippen molar-refractivity contribution in [1.29, 1.82) is 0 Å². The SMILES string of the molecule is CC.Cc1nc2cnccn2c1C(C)C. The van der Waals surface area contributed by atoms with Gasteiger partial charge in [-0.1, -0.05) is 27.7 Å². The quantitative estimate of drug-likeness (QED) is 0.715. The molecule has 0 atom stereocenters. The van der Waals surface area contributed by atoms with Gasteiger partial charge in [-0.2, -0.15) is 0 Å².